The van der Waals surface area contributed by atoms with E-state index in [4.69, 9.17) is 4.74 Å². The highest BCUT2D eigenvalue weighted by Crippen LogP contribution is 2.24. The molecule has 0 fully saturated rings. The van der Waals surface area contributed by atoms with Crippen LogP contribution in [-0.2, 0) is 0 Å². The number of nitrogens with zero attached hydrogens (tertiary/aromatic N) is 2. The van der Waals surface area contributed by atoms with E-state index in [0.717, 1.165) is 27.2 Å². The Hall–Kier alpha value is -3.44. The zero-order valence-corrected chi connectivity index (χ0v) is 17.7. The third-order valence-electron chi connectivity index (χ3n) is 4.27. The summed E-state index contributed by atoms with van der Waals surface area (Å²) in [7, 11) is 0. The number of fused-ring (bicyclic) bond motifs is 1. The number of thioether (sulfide) groups is 1. The van der Waals surface area contributed by atoms with Crippen LogP contribution in [0.4, 0.5) is 16.3 Å². The van der Waals surface area contributed by atoms with Crippen LogP contribution in [0, 0.1) is 11.3 Å². The number of urea groups is 1. The van der Waals surface area contributed by atoms with Gasteiger partial charge in [-0.05, 0) is 61.7 Å². The molecule has 0 unspecified atom stereocenters. The predicted molar refractivity (Wildman–Crippen MR) is 121 cm³/mol. The van der Waals surface area contributed by atoms with Crippen LogP contribution in [-0.4, -0.2) is 37.0 Å². The molecule has 0 saturated carbocycles. The molecule has 0 saturated heterocycles. The summed E-state index contributed by atoms with van der Waals surface area (Å²) >= 11 is 1.65. The molecule has 0 radical (unpaired) electrons. The molecule has 3 aromatic rings. The summed E-state index contributed by atoms with van der Waals surface area (Å²) in [5, 5.41) is 19.0. The van der Waals surface area contributed by atoms with E-state index in [9.17, 15) is 10.1 Å². The van der Waals surface area contributed by atoms with Gasteiger partial charge in [0.25, 0.3) is 0 Å². The number of carbonyl (C=O) groups is 1. The van der Waals surface area contributed by atoms with Crippen LogP contribution in [0.2, 0.25) is 0 Å². The third kappa shape index (κ3) is 5.55. The fraction of sp³-hybridized carbons (Fsp3) is 0.227. The molecule has 3 rings (SSSR count). The van der Waals surface area contributed by atoms with Crippen LogP contribution in [0.15, 0.2) is 53.4 Å². The smallest absolute Gasteiger partial charge is 0.319 e. The maximum atomic E-state index is 12.0. The molecule has 2 aromatic carbocycles. The quantitative estimate of drug-likeness (QED) is 0.367. The normalized spacial score (nSPS) is 10.3. The second-order valence-electron chi connectivity index (χ2n) is 6.32. The molecule has 7 nitrogen and oxygen atoms in total. The van der Waals surface area contributed by atoms with Crippen LogP contribution >= 0.6 is 11.8 Å². The number of pyridine rings is 1. The minimum absolute atomic E-state index is 0.288. The van der Waals surface area contributed by atoms with Gasteiger partial charge in [-0.2, -0.15) is 5.26 Å². The van der Waals surface area contributed by atoms with Gasteiger partial charge in [0.05, 0.1) is 17.7 Å². The van der Waals surface area contributed by atoms with Gasteiger partial charge in [-0.1, -0.05) is 0 Å². The van der Waals surface area contributed by atoms with Crippen molar-refractivity contribution in [3.05, 3.63) is 54.1 Å². The number of aromatic nitrogens is 1. The van der Waals surface area contributed by atoms with Crippen LogP contribution in [0.1, 0.15) is 12.5 Å². The van der Waals surface area contributed by atoms with Crippen LogP contribution < -0.4 is 20.7 Å². The summed E-state index contributed by atoms with van der Waals surface area (Å²) in [6, 6.07) is 16.9. The number of hydrogen-bond donors (Lipinski definition) is 3. The lowest BCUT2D eigenvalue weighted by Crippen LogP contribution is -2.32. The van der Waals surface area contributed by atoms with Gasteiger partial charge in [0.15, 0.2) is 0 Å². The number of benzene rings is 2. The Morgan fingerprint density at radius 1 is 1.17 bits per heavy atom. The second-order valence-corrected chi connectivity index (χ2v) is 7.20. The molecule has 30 heavy (non-hydrogen) atoms. The van der Waals surface area contributed by atoms with Crippen molar-refractivity contribution in [2.45, 2.75) is 11.8 Å². The van der Waals surface area contributed by atoms with Gasteiger partial charge in [0.2, 0.25) is 0 Å². The van der Waals surface area contributed by atoms with E-state index in [1.807, 2.05) is 55.6 Å². The molecule has 3 N–H and O–H groups in total. The van der Waals surface area contributed by atoms with E-state index in [0.29, 0.717) is 31.1 Å². The first kappa shape index (κ1) is 21.3. The number of amides is 2. The Balaban J connectivity index is 1.55. The van der Waals surface area contributed by atoms with E-state index in [1.54, 1.807) is 17.8 Å². The number of rotatable bonds is 8. The van der Waals surface area contributed by atoms with Crippen molar-refractivity contribution in [1.82, 2.24) is 10.3 Å². The lowest BCUT2D eigenvalue weighted by atomic mass is 10.1. The average Bonchev–Trinajstić information content (AvgIpc) is 2.77. The van der Waals surface area contributed by atoms with Crippen LogP contribution in [0.3, 0.4) is 0 Å². The van der Waals surface area contributed by atoms with Gasteiger partial charge in [-0.15, -0.1) is 11.8 Å². The number of ether oxygens (including phenoxy) is 1. The monoisotopic (exact) mass is 421 g/mol. The highest BCUT2D eigenvalue weighted by Gasteiger charge is 2.08. The second kappa shape index (κ2) is 10.4. The fourth-order valence-electron chi connectivity index (χ4n) is 2.84. The standard InChI is InChI=1S/C22H23N5O2S/c1-3-29-18-6-9-20-15(13-18)12-16(14-23)21(27-20)24-10-11-25-22(28)26-17-4-7-19(30-2)8-5-17/h4-9,12-13H,3,10-11H2,1-2H3,(H,24,27)(H2,25,26,28). The molecule has 0 atom stereocenters. The van der Waals surface area contributed by atoms with Gasteiger partial charge < -0.3 is 20.7 Å². The first-order chi connectivity index (χ1) is 14.6. The number of nitrogens with one attached hydrogen (secondary N) is 3. The van der Waals surface area contributed by atoms with E-state index >= 15 is 0 Å². The Labute approximate surface area is 179 Å². The van der Waals surface area contributed by atoms with Crippen molar-refractivity contribution < 1.29 is 9.53 Å². The number of carbonyl (C=O) groups excluding carboxylic acids is 1. The Morgan fingerprint density at radius 3 is 2.67 bits per heavy atom. The van der Waals surface area contributed by atoms with Crippen molar-refractivity contribution >= 4 is 40.2 Å². The first-order valence-corrected chi connectivity index (χ1v) is 10.8. The van der Waals surface area contributed by atoms with Gasteiger partial charge in [0.1, 0.15) is 17.6 Å². The molecule has 0 aliphatic rings. The van der Waals surface area contributed by atoms with Crippen molar-refractivity contribution in [2.75, 3.05) is 36.6 Å². The Bertz CT molecular complexity index is 1060. The minimum Gasteiger partial charge on any atom is -0.494 e. The molecule has 0 aliphatic heterocycles. The van der Waals surface area contributed by atoms with Crippen molar-refractivity contribution in [1.29, 1.82) is 5.26 Å². The van der Waals surface area contributed by atoms with E-state index in [-0.39, 0.29) is 6.03 Å². The minimum atomic E-state index is -0.288. The zero-order valence-electron chi connectivity index (χ0n) is 16.9. The largest absolute Gasteiger partial charge is 0.494 e. The molecular formula is C22H23N5O2S. The molecular weight excluding hydrogens is 398 g/mol. The van der Waals surface area contributed by atoms with Crippen molar-refractivity contribution in [2.24, 2.45) is 0 Å². The Morgan fingerprint density at radius 2 is 1.97 bits per heavy atom. The highest BCUT2D eigenvalue weighted by molar-refractivity contribution is 7.98. The van der Waals surface area contributed by atoms with E-state index in [1.165, 1.54) is 0 Å². The van der Waals surface area contributed by atoms with Gasteiger partial charge in [-0.3, -0.25) is 0 Å². The lowest BCUT2D eigenvalue weighted by Gasteiger charge is -2.11. The van der Waals surface area contributed by atoms with Crippen molar-refractivity contribution in [3.8, 4) is 11.8 Å². The zero-order chi connectivity index (χ0) is 21.3. The van der Waals surface area contributed by atoms with E-state index in [2.05, 4.69) is 27.0 Å². The number of anilines is 2. The summed E-state index contributed by atoms with van der Waals surface area (Å²) in [5.74, 6) is 1.23. The highest BCUT2D eigenvalue weighted by atomic mass is 32.2. The van der Waals surface area contributed by atoms with Crippen molar-refractivity contribution in [3.63, 3.8) is 0 Å². The molecule has 2 amide bonds. The molecule has 8 heteroatoms. The third-order valence-corrected chi connectivity index (χ3v) is 5.01. The molecule has 1 aromatic heterocycles. The van der Waals surface area contributed by atoms with Gasteiger partial charge in [0, 0.05) is 29.1 Å². The molecule has 0 bridgehead atoms. The molecule has 1 heterocycles. The molecule has 154 valence electrons. The first-order valence-electron chi connectivity index (χ1n) is 9.53. The number of nitriles is 1. The maximum absolute atomic E-state index is 12.0. The maximum Gasteiger partial charge on any atom is 0.319 e. The van der Waals surface area contributed by atoms with Crippen LogP contribution in [0.5, 0.6) is 5.75 Å². The van der Waals surface area contributed by atoms with Gasteiger partial charge in [-0.25, -0.2) is 9.78 Å². The lowest BCUT2D eigenvalue weighted by molar-refractivity contribution is 0.252. The summed E-state index contributed by atoms with van der Waals surface area (Å²) < 4.78 is 5.50. The number of hydrogen-bond acceptors (Lipinski definition) is 6. The summed E-state index contributed by atoms with van der Waals surface area (Å²) in [6.07, 6.45) is 2.00. The average molecular weight is 422 g/mol. The summed E-state index contributed by atoms with van der Waals surface area (Å²) in [4.78, 5) is 17.7. The topological polar surface area (TPSA) is 99.1 Å². The summed E-state index contributed by atoms with van der Waals surface area (Å²) in [6.45, 7) is 3.31. The molecule has 0 aliphatic carbocycles. The SMILES string of the molecule is CCOc1ccc2nc(NCCNC(=O)Nc3ccc(SC)cc3)c(C#N)cc2c1. The van der Waals surface area contributed by atoms with Crippen LogP contribution in [0.25, 0.3) is 10.9 Å². The van der Waals surface area contributed by atoms with E-state index < -0.39 is 0 Å². The fourth-order valence-corrected chi connectivity index (χ4v) is 3.25. The van der Waals surface area contributed by atoms with Gasteiger partial charge >= 0.3 is 6.03 Å². The predicted octanol–water partition coefficient (Wildman–Crippen LogP) is 4.46. The summed E-state index contributed by atoms with van der Waals surface area (Å²) in [5.41, 5.74) is 1.93. The molecule has 0 spiro atoms. The Kier molecular flexibility index (Phi) is 7.35.